The average Bonchev–Trinajstić information content (AvgIpc) is 3.25. The summed E-state index contributed by atoms with van der Waals surface area (Å²) in [7, 11) is 0. The highest BCUT2D eigenvalue weighted by Gasteiger charge is 2.49. The number of carbonyl (C=O) groups excluding carboxylic acids is 3. The Balaban J connectivity index is 1.36. The first-order chi connectivity index (χ1) is 15.6. The number of hydrogen-bond acceptors (Lipinski definition) is 6. The number of carbonyl (C=O) groups is 3. The van der Waals surface area contributed by atoms with Crippen molar-refractivity contribution in [1.82, 2.24) is 20.1 Å². The van der Waals surface area contributed by atoms with E-state index >= 15 is 0 Å². The van der Waals surface area contributed by atoms with E-state index in [0.717, 1.165) is 35.8 Å². The van der Waals surface area contributed by atoms with E-state index in [0.29, 0.717) is 22.5 Å². The van der Waals surface area contributed by atoms with Crippen molar-refractivity contribution < 1.29 is 14.4 Å². The zero-order chi connectivity index (χ0) is 23.8. The van der Waals surface area contributed by atoms with Gasteiger partial charge in [0.25, 0.3) is 5.91 Å². The summed E-state index contributed by atoms with van der Waals surface area (Å²) in [6.07, 6.45) is 1.25. The zero-order valence-electron chi connectivity index (χ0n) is 19.6. The van der Waals surface area contributed by atoms with Gasteiger partial charge >= 0.3 is 6.03 Å². The van der Waals surface area contributed by atoms with Crippen molar-refractivity contribution in [3.8, 4) is 0 Å². The van der Waals surface area contributed by atoms with Crippen molar-refractivity contribution in [3.63, 3.8) is 0 Å². The first-order valence-electron chi connectivity index (χ1n) is 11.3. The van der Waals surface area contributed by atoms with Gasteiger partial charge in [-0.25, -0.2) is 9.78 Å². The van der Waals surface area contributed by atoms with E-state index < -0.39 is 23.4 Å². The van der Waals surface area contributed by atoms with E-state index in [9.17, 15) is 14.4 Å². The molecule has 0 aliphatic carbocycles. The fourth-order valence-electron chi connectivity index (χ4n) is 4.81. The highest BCUT2D eigenvalue weighted by molar-refractivity contribution is 7.13. The van der Waals surface area contributed by atoms with Gasteiger partial charge < -0.3 is 10.6 Å². The minimum Gasteiger partial charge on any atom is -0.319 e. The summed E-state index contributed by atoms with van der Waals surface area (Å²) in [4.78, 5) is 46.0. The SMILES string of the molecule is Cc1ccc(C2(C)NC(=O)N(CC(=O)Nc3nc(CN4CC(C)CC(C)C4)cs3)C2=O)cc1. The maximum Gasteiger partial charge on any atom is 0.325 e. The number of aromatic nitrogens is 1. The molecule has 0 spiro atoms. The molecule has 0 radical (unpaired) electrons. The number of hydrogen-bond donors (Lipinski definition) is 2. The van der Waals surface area contributed by atoms with E-state index in [1.165, 1.54) is 17.8 Å². The van der Waals surface area contributed by atoms with Crippen LogP contribution in [-0.2, 0) is 21.7 Å². The zero-order valence-corrected chi connectivity index (χ0v) is 20.4. The van der Waals surface area contributed by atoms with Crippen LogP contribution in [0.15, 0.2) is 29.6 Å². The van der Waals surface area contributed by atoms with E-state index in [1.807, 2.05) is 36.6 Å². The molecule has 176 valence electrons. The van der Waals surface area contributed by atoms with Gasteiger partial charge in [0, 0.05) is 25.0 Å². The van der Waals surface area contributed by atoms with Crippen LogP contribution in [-0.4, -0.2) is 52.3 Å². The molecule has 8 nitrogen and oxygen atoms in total. The molecule has 2 aliphatic rings. The van der Waals surface area contributed by atoms with Crippen molar-refractivity contribution in [2.24, 2.45) is 11.8 Å². The third kappa shape index (κ3) is 5.09. The molecule has 3 atom stereocenters. The van der Waals surface area contributed by atoms with Crippen LogP contribution >= 0.6 is 11.3 Å². The average molecular weight is 470 g/mol. The van der Waals surface area contributed by atoms with Gasteiger partial charge in [-0.3, -0.25) is 19.4 Å². The number of anilines is 1. The first kappa shape index (κ1) is 23.4. The standard InChI is InChI=1S/C24H31N5O3S/c1-15-5-7-18(8-6-15)24(4)21(31)29(23(32)27-24)13-20(30)26-22-25-19(14-33-22)12-28-10-16(2)9-17(3)11-28/h5-8,14,16-17H,9-13H2,1-4H3,(H,27,32)(H,25,26,30). The Hall–Kier alpha value is -2.78. The Morgan fingerprint density at radius 2 is 1.88 bits per heavy atom. The van der Waals surface area contributed by atoms with Crippen molar-refractivity contribution in [3.05, 3.63) is 46.5 Å². The van der Waals surface area contributed by atoms with Gasteiger partial charge in [-0.05, 0) is 37.7 Å². The molecule has 1 aromatic heterocycles. The predicted molar refractivity (Wildman–Crippen MR) is 128 cm³/mol. The number of piperidine rings is 1. The largest absolute Gasteiger partial charge is 0.325 e. The normalized spacial score (nSPS) is 25.9. The smallest absolute Gasteiger partial charge is 0.319 e. The monoisotopic (exact) mass is 469 g/mol. The summed E-state index contributed by atoms with van der Waals surface area (Å²) in [5, 5.41) is 7.89. The quantitative estimate of drug-likeness (QED) is 0.633. The number of aryl methyl sites for hydroxylation is 1. The number of nitrogens with one attached hydrogen (secondary N) is 2. The Morgan fingerprint density at radius 1 is 1.21 bits per heavy atom. The molecule has 3 heterocycles. The van der Waals surface area contributed by atoms with Gasteiger partial charge in [0.2, 0.25) is 5.91 Å². The molecule has 0 saturated carbocycles. The molecule has 2 aliphatic heterocycles. The Kier molecular flexibility index (Phi) is 6.54. The van der Waals surface area contributed by atoms with Gasteiger partial charge in [-0.15, -0.1) is 11.3 Å². The predicted octanol–water partition coefficient (Wildman–Crippen LogP) is 3.34. The van der Waals surface area contributed by atoms with Gasteiger partial charge in [0.15, 0.2) is 5.13 Å². The second-order valence-electron chi connectivity index (χ2n) is 9.64. The number of amides is 4. The number of rotatable bonds is 6. The molecule has 9 heteroatoms. The van der Waals surface area contributed by atoms with E-state index in [1.54, 1.807) is 6.92 Å². The Bertz CT molecular complexity index is 1040. The fourth-order valence-corrected chi connectivity index (χ4v) is 5.53. The van der Waals surface area contributed by atoms with Crippen LogP contribution in [0.2, 0.25) is 0 Å². The van der Waals surface area contributed by atoms with Crippen LogP contribution < -0.4 is 10.6 Å². The molecule has 1 aromatic carbocycles. The molecule has 2 aromatic rings. The Morgan fingerprint density at radius 3 is 2.55 bits per heavy atom. The summed E-state index contributed by atoms with van der Waals surface area (Å²) in [5.74, 6) is 0.440. The summed E-state index contributed by atoms with van der Waals surface area (Å²) in [6.45, 7) is 10.7. The lowest BCUT2D eigenvalue weighted by molar-refractivity contribution is -0.133. The molecule has 4 rings (SSSR count). The summed E-state index contributed by atoms with van der Waals surface area (Å²) in [6, 6.07) is 6.84. The molecule has 3 unspecified atom stereocenters. The molecular formula is C24H31N5O3S. The number of benzene rings is 1. The molecule has 0 bridgehead atoms. The lowest BCUT2D eigenvalue weighted by atomic mass is 9.91. The summed E-state index contributed by atoms with van der Waals surface area (Å²) < 4.78 is 0. The molecule has 2 N–H and O–H groups in total. The van der Waals surface area contributed by atoms with Crippen molar-refractivity contribution >= 4 is 34.3 Å². The lowest BCUT2D eigenvalue weighted by Gasteiger charge is -2.34. The van der Waals surface area contributed by atoms with Gasteiger partial charge in [0.05, 0.1) is 5.69 Å². The van der Waals surface area contributed by atoms with Crippen LogP contribution in [0.4, 0.5) is 9.93 Å². The van der Waals surface area contributed by atoms with E-state index in [-0.39, 0.29) is 6.54 Å². The fraction of sp³-hybridized carbons (Fsp3) is 0.500. The summed E-state index contributed by atoms with van der Waals surface area (Å²) >= 11 is 1.35. The van der Waals surface area contributed by atoms with Crippen molar-refractivity contribution in [1.29, 1.82) is 0 Å². The Labute approximate surface area is 198 Å². The van der Waals surface area contributed by atoms with Crippen LogP contribution in [0, 0.1) is 18.8 Å². The van der Waals surface area contributed by atoms with Crippen LogP contribution in [0.5, 0.6) is 0 Å². The van der Waals surface area contributed by atoms with E-state index in [4.69, 9.17) is 0 Å². The van der Waals surface area contributed by atoms with Crippen LogP contribution in [0.25, 0.3) is 0 Å². The molecule has 2 saturated heterocycles. The number of urea groups is 1. The van der Waals surface area contributed by atoms with Crippen molar-refractivity contribution in [2.75, 3.05) is 25.0 Å². The maximum absolute atomic E-state index is 13.0. The second-order valence-corrected chi connectivity index (χ2v) is 10.5. The molecule has 2 fully saturated rings. The summed E-state index contributed by atoms with van der Waals surface area (Å²) in [5.41, 5.74) is 1.46. The lowest BCUT2D eigenvalue weighted by Crippen LogP contribution is -2.42. The third-order valence-electron chi connectivity index (χ3n) is 6.33. The first-order valence-corrected chi connectivity index (χ1v) is 12.2. The van der Waals surface area contributed by atoms with Crippen LogP contribution in [0.3, 0.4) is 0 Å². The second kappa shape index (κ2) is 9.23. The maximum atomic E-state index is 13.0. The van der Waals surface area contributed by atoms with E-state index in [2.05, 4.69) is 34.4 Å². The number of nitrogens with zero attached hydrogens (tertiary/aromatic N) is 3. The third-order valence-corrected chi connectivity index (χ3v) is 7.14. The molecular weight excluding hydrogens is 438 g/mol. The number of likely N-dealkylation sites (tertiary alicyclic amines) is 1. The highest BCUT2D eigenvalue weighted by Crippen LogP contribution is 2.29. The van der Waals surface area contributed by atoms with Gasteiger partial charge in [-0.1, -0.05) is 43.7 Å². The van der Waals surface area contributed by atoms with Crippen molar-refractivity contribution in [2.45, 2.75) is 46.2 Å². The van der Waals surface area contributed by atoms with Gasteiger partial charge in [-0.2, -0.15) is 0 Å². The highest BCUT2D eigenvalue weighted by atomic mass is 32.1. The minimum atomic E-state index is -1.19. The topological polar surface area (TPSA) is 94.6 Å². The minimum absolute atomic E-state index is 0.359. The molecule has 33 heavy (non-hydrogen) atoms. The molecule has 4 amide bonds. The van der Waals surface area contributed by atoms with Gasteiger partial charge in [0.1, 0.15) is 12.1 Å². The van der Waals surface area contributed by atoms with Crippen LogP contribution in [0.1, 0.15) is 44.0 Å². The number of imide groups is 1. The number of thiazole rings is 1.